The van der Waals surface area contributed by atoms with Gasteiger partial charge in [-0.2, -0.15) is 5.26 Å². The van der Waals surface area contributed by atoms with Crippen LogP contribution in [0.25, 0.3) is 11.1 Å². The highest BCUT2D eigenvalue weighted by Crippen LogP contribution is 2.51. The van der Waals surface area contributed by atoms with Crippen molar-refractivity contribution in [1.29, 1.82) is 5.26 Å². The zero-order valence-corrected chi connectivity index (χ0v) is 20.8. The quantitative estimate of drug-likeness (QED) is 0.509. The van der Waals surface area contributed by atoms with E-state index in [9.17, 15) is 10.1 Å². The van der Waals surface area contributed by atoms with Crippen LogP contribution in [-0.4, -0.2) is 23.3 Å². The monoisotopic (exact) mass is 490 g/mol. The minimum Gasteiger partial charge on any atom is -0.485 e. The van der Waals surface area contributed by atoms with Gasteiger partial charge < -0.3 is 10.5 Å². The Labute approximate surface area is 217 Å². The van der Waals surface area contributed by atoms with Crippen molar-refractivity contribution in [2.24, 2.45) is 16.6 Å². The van der Waals surface area contributed by atoms with E-state index in [1.807, 2.05) is 66.7 Å². The van der Waals surface area contributed by atoms with Gasteiger partial charge in [-0.15, -0.1) is 0 Å². The van der Waals surface area contributed by atoms with Gasteiger partial charge in [0, 0.05) is 18.5 Å². The fraction of sp³-hybridized carbons (Fsp3) is 0.323. The number of carbonyl (C=O) groups excluding carboxylic acids is 1. The first-order chi connectivity index (χ1) is 18.1. The predicted octanol–water partition coefficient (Wildman–Crippen LogP) is 5.68. The molecule has 3 aliphatic rings. The maximum absolute atomic E-state index is 14.3. The molecule has 0 aromatic heterocycles. The van der Waals surface area contributed by atoms with Crippen LogP contribution >= 0.6 is 0 Å². The van der Waals surface area contributed by atoms with Gasteiger partial charge in [-0.1, -0.05) is 67.8 Å². The Bertz CT molecular complexity index is 1400. The van der Waals surface area contributed by atoms with Gasteiger partial charge in [-0.05, 0) is 59.7 Å². The number of benzene rings is 3. The molecule has 2 heterocycles. The van der Waals surface area contributed by atoms with E-state index in [-0.39, 0.29) is 12.0 Å². The highest BCUT2D eigenvalue weighted by molar-refractivity contribution is 6.07. The molecular weight excluding hydrogens is 460 g/mol. The van der Waals surface area contributed by atoms with Crippen molar-refractivity contribution in [2.75, 3.05) is 6.54 Å². The summed E-state index contributed by atoms with van der Waals surface area (Å²) in [4.78, 5) is 20.9. The molecule has 3 aromatic carbocycles. The largest absolute Gasteiger partial charge is 0.485 e. The number of amides is 1. The first-order valence-electron chi connectivity index (χ1n) is 13.1. The number of fused-ring (bicyclic) bond motifs is 2. The van der Waals surface area contributed by atoms with Crippen LogP contribution in [0.2, 0.25) is 0 Å². The molecule has 1 fully saturated rings. The van der Waals surface area contributed by atoms with Gasteiger partial charge in [0.1, 0.15) is 11.9 Å². The highest BCUT2D eigenvalue weighted by atomic mass is 16.5. The minimum atomic E-state index is -1.14. The average Bonchev–Trinajstić information content (AvgIpc) is 3.18. The van der Waals surface area contributed by atoms with Crippen LogP contribution in [0.4, 0.5) is 0 Å². The van der Waals surface area contributed by atoms with Gasteiger partial charge in [-0.25, -0.2) is 4.99 Å². The third-order valence-electron chi connectivity index (χ3n) is 8.02. The number of aliphatic imine (C=N–C) groups is 1. The molecule has 37 heavy (non-hydrogen) atoms. The molecule has 1 amide bonds. The summed E-state index contributed by atoms with van der Waals surface area (Å²) in [5.41, 5.74) is 9.49. The molecule has 6 rings (SSSR count). The van der Waals surface area contributed by atoms with Crippen molar-refractivity contribution in [2.45, 2.75) is 50.2 Å². The molecule has 3 aromatic rings. The normalized spacial score (nSPS) is 23.3. The molecule has 2 atom stereocenters. The number of nitrogens with two attached hydrogens (primary N) is 1. The Morgan fingerprint density at radius 2 is 1.78 bits per heavy atom. The lowest BCUT2D eigenvalue weighted by Gasteiger charge is -2.37. The molecule has 1 unspecified atom stereocenters. The number of nitriles is 1. The molecule has 2 N–H and O–H groups in total. The maximum Gasteiger partial charge on any atom is 0.262 e. The van der Waals surface area contributed by atoms with Crippen LogP contribution in [0.1, 0.15) is 61.3 Å². The Kier molecular flexibility index (Phi) is 5.92. The van der Waals surface area contributed by atoms with Crippen LogP contribution in [-0.2, 0) is 10.3 Å². The topological polar surface area (TPSA) is 91.7 Å². The summed E-state index contributed by atoms with van der Waals surface area (Å²) in [7, 11) is 0. The van der Waals surface area contributed by atoms with Gasteiger partial charge in [0.2, 0.25) is 0 Å². The van der Waals surface area contributed by atoms with Crippen LogP contribution < -0.4 is 10.5 Å². The van der Waals surface area contributed by atoms with E-state index in [4.69, 9.17) is 15.5 Å². The number of rotatable bonds is 4. The maximum atomic E-state index is 14.3. The Balaban J connectivity index is 1.44. The first kappa shape index (κ1) is 23.3. The van der Waals surface area contributed by atoms with Crippen molar-refractivity contribution in [1.82, 2.24) is 4.90 Å². The Hall–Kier alpha value is -4.11. The van der Waals surface area contributed by atoms with Crippen molar-refractivity contribution in [3.8, 4) is 22.9 Å². The van der Waals surface area contributed by atoms with Gasteiger partial charge >= 0.3 is 0 Å². The van der Waals surface area contributed by atoms with Crippen molar-refractivity contribution in [3.63, 3.8) is 0 Å². The summed E-state index contributed by atoms with van der Waals surface area (Å²) in [6.45, 7) is 0.617. The summed E-state index contributed by atoms with van der Waals surface area (Å²) in [6, 6.07) is 25.6. The van der Waals surface area contributed by atoms with E-state index in [2.05, 4.69) is 6.07 Å². The molecule has 1 saturated carbocycles. The summed E-state index contributed by atoms with van der Waals surface area (Å²) in [5.74, 6) is 1.33. The smallest absolute Gasteiger partial charge is 0.262 e. The number of guanidine groups is 1. The zero-order valence-electron chi connectivity index (χ0n) is 20.8. The van der Waals surface area contributed by atoms with Crippen LogP contribution in [0.3, 0.4) is 0 Å². The van der Waals surface area contributed by atoms with Gasteiger partial charge in [0.15, 0.2) is 11.5 Å². The molecule has 2 aliphatic heterocycles. The average molecular weight is 491 g/mol. The lowest BCUT2D eigenvalue weighted by atomic mass is 9.79. The van der Waals surface area contributed by atoms with Crippen LogP contribution in [0, 0.1) is 17.2 Å². The van der Waals surface area contributed by atoms with E-state index >= 15 is 0 Å². The molecule has 6 nitrogen and oxygen atoms in total. The molecule has 6 heteroatoms. The molecule has 0 bridgehead atoms. The van der Waals surface area contributed by atoms with E-state index in [1.165, 1.54) is 19.3 Å². The minimum absolute atomic E-state index is 0.0658. The number of hydrogen-bond donors (Lipinski definition) is 1. The van der Waals surface area contributed by atoms with Gasteiger partial charge in [0.05, 0.1) is 11.6 Å². The molecule has 186 valence electrons. The molecule has 0 radical (unpaired) electrons. The second-order valence-electron chi connectivity index (χ2n) is 10.4. The lowest BCUT2D eigenvalue weighted by molar-refractivity contribution is -0.133. The third kappa shape index (κ3) is 4.15. The van der Waals surface area contributed by atoms with Crippen molar-refractivity contribution >= 4 is 11.9 Å². The second-order valence-corrected chi connectivity index (χ2v) is 10.4. The number of hydrogen-bond acceptors (Lipinski definition) is 5. The summed E-state index contributed by atoms with van der Waals surface area (Å²) in [6.07, 6.45) is 5.96. The molecule has 0 saturated heterocycles. The highest BCUT2D eigenvalue weighted by Gasteiger charge is 2.54. The molecule has 1 aliphatic carbocycles. The molecular formula is C31H30N4O2. The van der Waals surface area contributed by atoms with E-state index in [1.54, 1.807) is 11.0 Å². The zero-order chi connectivity index (χ0) is 25.4. The lowest BCUT2D eigenvalue weighted by Crippen LogP contribution is -2.47. The number of carbonyl (C=O) groups is 1. The van der Waals surface area contributed by atoms with E-state index < -0.39 is 5.54 Å². The number of nitrogens with zero attached hydrogens (tertiary/aromatic N) is 3. The summed E-state index contributed by atoms with van der Waals surface area (Å²) < 4.78 is 6.48. The predicted molar refractivity (Wildman–Crippen MR) is 143 cm³/mol. The van der Waals surface area contributed by atoms with Gasteiger partial charge in [0.25, 0.3) is 5.91 Å². The van der Waals surface area contributed by atoms with E-state index in [0.29, 0.717) is 36.2 Å². The summed E-state index contributed by atoms with van der Waals surface area (Å²) in [5, 5.41) is 9.38. The van der Waals surface area contributed by atoms with Gasteiger partial charge in [-0.3, -0.25) is 9.69 Å². The van der Waals surface area contributed by atoms with Crippen molar-refractivity contribution < 1.29 is 9.53 Å². The standard InChI is InChI=1S/C31H30N4O2/c32-19-22-10-7-13-24(16-22)25-14-15-27-26(17-25)31(18-28(37-27)23-11-5-2-6-12-23)29(36)35(30(33)34-31)20-21-8-3-1-4-9-21/h2,5-7,10-17,21,28H,1,3-4,8-9,18,20H2,(H2,33,34)/t28-,31?/m1/s1. The SMILES string of the molecule is N#Cc1cccc(-c2ccc3c(c2)C2(C[C@H](c4ccccc4)O3)N=C(N)N(CC3CCCCC3)C2=O)c1. The Morgan fingerprint density at radius 3 is 2.57 bits per heavy atom. The second kappa shape index (κ2) is 9.40. The van der Waals surface area contributed by atoms with E-state index in [0.717, 1.165) is 35.1 Å². The molecule has 1 spiro atoms. The van der Waals surface area contributed by atoms with Crippen molar-refractivity contribution in [3.05, 3.63) is 89.5 Å². The van der Waals surface area contributed by atoms with Crippen LogP contribution in [0.5, 0.6) is 5.75 Å². The third-order valence-corrected chi connectivity index (χ3v) is 8.02. The fourth-order valence-electron chi connectivity index (χ4n) is 6.07. The summed E-state index contributed by atoms with van der Waals surface area (Å²) >= 11 is 0. The van der Waals surface area contributed by atoms with Crippen LogP contribution in [0.15, 0.2) is 77.8 Å². The first-order valence-corrected chi connectivity index (χ1v) is 13.1. The number of ether oxygens (including phenoxy) is 1. The fourth-order valence-corrected chi connectivity index (χ4v) is 6.07. The Morgan fingerprint density at radius 1 is 1.00 bits per heavy atom.